The molecule has 3 amide bonds. The van der Waals surface area contributed by atoms with Gasteiger partial charge in [-0.1, -0.05) is 41.9 Å². The molecule has 0 saturated carbocycles. The summed E-state index contributed by atoms with van der Waals surface area (Å²) in [6.45, 7) is 1.32. The van der Waals surface area contributed by atoms with Gasteiger partial charge in [0.15, 0.2) is 6.61 Å². The molecule has 1 atom stereocenters. The number of nitrogens with one attached hydrogen (secondary N) is 1. The summed E-state index contributed by atoms with van der Waals surface area (Å²) in [5.74, 6) is -2.14. The van der Waals surface area contributed by atoms with Crippen LogP contribution in [0.3, 0.4) is 0 Å². The van der Waals surface area contributed by atoms with Crippen LogP contribution in [-0.4, -0.2) is 30.3 Å². The van der Waals surface area contributed by atoms with Gasteiger partial charge in [-0.25, -0.2) is 9.69 Å². The second-order valence-corrected chi connectivity index (χ2v) is 7.89. The average molecular weight is 463 g/mol. The first-order valence-electron chi connectivity index (χ1n) is 10.1. The van der Waals surface area contributed by atoms with E-state index in [1.54, 1.807) is 61.5 Å². The van der Waals surface area contributed by atoms with Crippen molar-refractivity contribution in [2.24, 2.45) is 0 Å². The monoisotopic (exact) mass is 462 g/mol. The molecule has 0 radical (unpaired) electrons. The van der Waals surface area contributed by atoms with Crippen molar-refractivity contribution in [1.82, 2.24) is 5.32 Å². The van der Waals surface area contributed by atoms with Crippen LogP contribution < -0.4 is 10.2 Å². The minimum atomic E-state index is -0.747. The fourth-order valence-corrected chi connectivity index (χ4v) is 3.65. The van der Waals surface area contributed by atoms with Gasteiger partial charge in [0.25, 0.3) is 17.7 Å². The summed E-state index contributed by atoms with van der Waals surface area (Å²) in [6, 6.07) is 19.2. The Hall–Kier alpha value is -3.97. The second kappa shape index (κ2) is 9.26. The van der Waals surface area contributed by atoms with E-state index in [4.69, 9.17) is 16.3 Å². The van der Waals surface area contributed by atoms with E-state index >= 15 is 0 Å². The Morgan fingerprint density at radius 1 is 0.939 bits per heavy atom. The van der Waals surface area contributed by atoms with Gasteiger partial charge in [-0.2, -0.15) is 0 Å². The Bertz CT molecular complexity index is 1220. The summed E-state index contributed by atoms with van der Waals surface area (Å²) in [7, 11) is 0. The zero-order valence-corrected chi connectivity index (χ0v) is 18.3. The molecule has 1 unspecified atom stereocenters. The van der Waals surface area contributed by atoms with Crippen molar-refractivity contribution in [2.45, 2.75) is 13.0 Å². The number of hydrogen-bond donors (Lipinski definition) is 1. The lowest BCUT2D eigenvalue weighted by Gasteiger charge is -2.16. The van der Waals surface area contributed by atoms with Crippen molar-refractivity contribution >= 4 is 41.0 Å². The first kappa shape index (κ1) is 22.2. The minimum Gasteiger partial charge on any atom is -0.452 e. The van der Waals surface area contributed by atoms with Crippen LogP contribution in [0, 0.1) is 0 Å². The van der Waals surface area contributed by atoms with Gasteiger partial charge >= 0.3 is 5.97 Å². The van der Waals surface area contributed by atoms with E-state index in [2.05, 4.69) is 5.32 Å². The molecule has 3 aromatic carbocycles. The number of carbonyl (C=O) groups excluding carboxylic acids is 4. The number of anilines is 1. The zero-order valence-electron chi connectivity index (χ0n) is 17.6. The standard InChI is InChI=1S/C25H19ClN2O5/c1-15(16-9-11-18(26)12-10-16)27-22(29)14-33-25(32)17-5-4-6-19(13-17)28-23(30)20-7-2-3-8-21(20)24(28)31/h2-13,15H,14H2,1H3,(H,27,29). The van der Waals surface area contributed by atoms with Crippen molar-refractivity contribution in [2.75, 3.05) is 11.5 Å². The first-order valence-corrected chi connectivity index (χ1v) is 10.5. The fraction of sp³-hybridized carbons (Fsp3) is 0.120. The topological polar surface area (TPSA) is 92.8 Å². The van der Waals surface area contributed by atoms with E-state index in [1.807, 2.05) is 0 Å². The number of hydrogen-bond acceptors (Lipinski definition) is 5. The van der Waals surface area contributed by atoms with Crippen molar-refractivity contribution in [3.63, 3.8) is 0 Å². The zero-order chi connectivity index (χ0) is 23.5. The molecule has 3 aromatic rings. The summed E-state index contributed by atoms with van der Waals surface area (Å²) in [4.78, 5) is 51.0. The van der Waals surface area contributed by atoms with E-state index in [1.165, 1.54) is 18.2 Å². The number of imide groups is 1. The van der Waals surface area contributed by atoms with Crippen LogP contribution in [0.1, 0.15) is 49.6 Å². The fourth-order valence-electron chi connectivity index (χ4n) is 3.53. The molecule has 0 bridgehead atoms. The van der Waals surface area contributed by atoms with E-state index in [-0.39, 0.29) is 17.3 Å². The highest BCUT2D eigenvalue weighted by molar-refractivity contribution is 6.34. The summed E-state index contributed by atoms with van der Waals surface area (Å²) < 4.78 is 5.12. The summed E-state index contributed by atoms with van der Waals surface area (Å²) in [5.41, 5.74) is 1.83. The lowest BCUT2D eigenvalue weighted by atomic mass is 10.1. The maximum Gasteiger partial charge on any atom is 0.338 e. The molecule has 0 fully saturated rings. The molecular formula is C25H19ClN2O5. The number of esters is 1. The minimum absolute atomic E-state index is 0.114. The SMILES string of the molecule is CC(NC(=O)COC(=O)c1cccc(N2C(=O)c3ccccc3C2=O)c1)c1ccc(Cl)cc1. The molecule has 0 saturated heterocycles. The summed E-state index contributed by atoms with van der Waals surface area (Å²) in [6.07, 6.45) is 0. The third kappa shape index (κ3) is 4.63. The van der Waals surface area contributed by atoms with E-state index < -0.39 is 30.3 Å². The smallest absolute Gasteiger partial charge is 0.338 e. The Labute approximate surface area is 194 Å². The Morgan fingerprint density at radius 2 is 1.58 bits per heavy atom. The maximum atomic E-state index is 12.7. The van der Waals surface area contributed by atoms with Gasteiger partial charge in [0.05, 0.1) is 28.4 Å². The van der Waals surface area contributed by atoms with Crippen LogP contribution >= 0.6 is 11.6 Å². The third-order valence-electron chi connectivity index (χ3n) is 5.22. The number of rotatable bonds is 6. The molecule has 1 aliphatic rings. The molecule has 1 heterocycles. The van der Waals surface area contributed by atoms with Crippen molar-refractivity contribution in [1.29, 1.82) is 0 Å². The first-order chi connectivity index (χ1) is 15.8. The van der Waals surface area contributed by atoms with E-state index in [0.717, 1.165) is 10.5 Å². The van der Waals surface area contributed by atoms with Gasteiger partial charge in [-0.05, 0) is 55.0 Å². The molecule has 1 N–H and O–H groups in total. The molecule has 4 rings (SSSR count). The van der Waals surface area contributed by atoms with E-state index in [0.29, 0.717) is 16.1 Å². The van der Waals surface area contributed by atoms with Crippen LogP contribution in [0.25, 0.3) is 0 Å². The molecule has 0 aliphatic carbocycles. The second-order valence-electron chi connectivity index (χ2n) is 7.46. The number of carbonyl (C=O) groups is 4. The molecular weight excluding hydrogens is 444 g/mol. The largest absolute Gasteiger partial charge is 0.452 e. The number of fused-ring (bicyclic) bond motifs is 1. The molecule has 0 spiro atoms. The van der Waals surface area contributed by atoms with Gasteiger partial charge < -0.3 is 10.1 Å². The number of benzene rings is 3. The normalized spacial score (nSPS) is 13.5. The van der Waals surface area contributed by atoms with Gasteiger partial charge in [-0.15, -0.1) is 0 Å². The molecule has 1 aliphatic heterocycles. The van der Waals surface area contributed by atoms with Gasteiger partial charge in [-0.3, -0.25) is 14.4 Å². The maximum absolute atomic E-state index is 12.7. The summed E-state index contributed by atoms with van der Waals surface area (Å²) >= 11 is 5.87. The highest BCUT2D eigenvalue weighted by Gasteiger charge is 2.36. The quantitative estimate of drug-likeness (QED) is 0.438. The van der Waals surface area contributed by atoms with Crippen LogP contribution in [0.15, 0.2) is 72.8 Å². The molecule has 0 aromatic heterocycles. The van der Waals surface area contributed by atoms with Gasteiger partial charge in [0.1, 0.15) is 0 Å². The van der Waals surface area contributed by atoms with Gasteiger partial charge in [0, 0.05) is 5.02 Å². The highest BCUT2D eigenvalue weighted by atomic mass is 35.5. The number of amides is 3. The molecule has 166 valence electrons. The molecule has 33 heavy (non-hydrogen) atoms. The Morgan fingerprint density at radius 3 is 2.21 bits per heavy atom. The lowest BCUT2D eigenvalue weighted by molar-refractivity contribution is -0.124. The van der Waals surface area contributed by atoms with Crippen LogP contribution in [0.5, 0.6) is 0 Å². The lowest BCUT2D eigenvalue weighted by Crippen LogP contribution is -2.31. The average Bonchev–Trinajstić information content (AvgIpc) is 3.08. The van der Waals surface area contributed by atoms with Gasteiger partial charge in [0.2, 0.25) is 0 Å². The van der Waals surface area contributed by atoms with Crippen LogP contribution in [-0.2, 0) is 9.53 Å². The predicted molar refractivity (Wildman–Crippen MR) is 122 cm³/mol. The van der Waals surface area contributed by atoms with Crippen LogP contribution in [0.2, 0.25) is 5.02 Å². The predicted octanol–water partition coefficient (Wildman–Crippen LogP) is 4.17. The Balaban J connectivity index is 1.39. The van der Waals surface area contributed by atoms with Crippen molar-refractivity contribution in [3.05, 3.63) is 100 Å². The Kier molecular flexibility index (Phi) is 6.24. The van der Waals surface area contributed by atoms with E-state index in [9.17, 15) is 19.2 Å². The number of ether oxygens (including phenoxy) is 1. The summed E-state index contributed by atoms with van der Waals surface area (Å²) in [5, 5.41) is 3.34. The number of halogens is 1. The molecule has 8 heteroatoms. The molecule has 7 nitrogen and oxygen atoms in total. The van der Waals surface area contributed by atoms with Crippen LogP contribution in [0.4, 0.5) is 5.69 Å². The van der Waals surface area contributed by atoms with Crippen molar-refractivity contribution in [3.8, 4) is 0 Å². The highest BCUT2D eigenvalue weighted by Crippen LogP contribution is 2.28. The third-order valence-corrected chi connectivity index (χ3v) is 5.47. The number of nitrogens with zero attached hydrogens (tertiary/aromatic N) is 1. The van der Waals surface area contributed by atoms with Crippen molar-refractivity contribution < 1.29 is 23.9 Å².